The van der Waals surface area contributed by atoms with Crippen molar-refractivity contribution in [1.29, 1.82) is 0 Å². The summed E-state index contributed by atoms with van der Waals surface area (Å²) in [6, 6.07) is 14.9. The van der Waals surface area contributed by atoms with Crippen LogP contribution in [0.4, 0.5) is 5.69 Å². The molecule has 33 heavy (non-hydrogen) atoms. The largest absolute Gasteiger partial charge is 0.324 e. The molecule has 0 radical (unpaired) electrons. The minimum absolute atomic E-state index is 0.247. The first-order valence-corrected chi connectivity index (χ1v) is 11.3. The topological polar surface area (TPSA) is 81.8 Å². The van der Waals surface area contributed by atoms with Crippen LogP contribution >= 0.6 is 0 Å². The second-order valence-electron chi connectivity index (χ2n) is 8.27. The minimum atomic E-state index is -0.732. The standard InChI is InChI=1S/C26H29N5O2/c1-6-19-13-11-12-16(3)23(19)27-25(32)21(7-2)31-26(33)22-18(5)30(20-14-9-8-10-15-20)29-24(22)17(4)28-31/h8-15,21H,6-7H2,1-5H3,(H,27,32)/t21-/m1/s1. The van der Waals surface area contributed by atoms with Gasteiger partial charge >= 0.3 is 0 Å². The number of rotatable bonds is 6. The molecule has 2 aromatic heterocycles. The maximum Gasteiger partial charge on any atom is 0.278 e. The van der Waals surface area contributed by atoms with Crippen molar-refractivity contribution in [2.24, 2.45) is 0 Å². The number of para-hydroxylation sites is 2. The molecule has 0 bridgehead atoms. The van der Waals surface area contributed by atoms with Crippen LogP contribution in [-0.4, -0.2) is 25.5 Å². The Morgan fingerprint density at radius 1 is 1.00 bits per heavy atom. The highest BCUT2D eigenvalue weighted by atomic mass is 16.2. The molecule has 7 nitrogen and oxygen atoms in total. The first-order valence-electron chi connectivity index (χ1n) is 11.3. The molecule has 2 aromatic carbocycles. The zero-order chi connectivity index (χ0) is 23.7. The summed E-state index contributed by atoms with van der Waals surface area (Å²) in [6.45, 7) is 9.60. The van der Waals surface area contributed by atoms with Crippen LogP contribution < -0.4 is 10.9 Å². The molecule has 170 valence electrons. The number of aryl methyl sites for hydroxylation is 4. The predicted octanol–water partition coefficient (Wildman–Crippen LogP) is 4.66. The minimum Gasteiger partial charge on any atom is -0.324 e. The van der Waals surface area contributed by atoms with E-state index in [1.165, 1.54) is 4.68 Å². The number of fused-ring (bicyclic) bond motifs is 1. The highest BCUT2D eigenvalue weighted by Gasteiger charge is 2.26. The third kappa shape index (κ3) is 3.95. The van der Waals surface area contributed by atoms with Crippen molar-refractivity contribution in [2.75, 3.05) is 5.32 Å². The molecule has 2 heterocycles. The molecule has 0 aliphatic heterocycles. The molecule has 1 N–H and O–H groups in total. The molecular weight excluding hydrogens is 414 g/mol. The van der Waals surface area contributed by atoms with Gasteiger partial charge in [-0.2, -0.15) is 10.2 Å². The van der Waals surface area contributed by atoms with E-state index < -0.39 is 6.04 Å². The molecule has 7 heteroatoms. The summed E-state index contributed by atoms with van der Waals surface area (Å²) in [5.41, 5.74) is 5.31. The number of benzene rings is 2. The normalized spacial score (nSPS) is 12.2. The van der Waals surface area contributed by atoms with Gasteiger partial charge in [0.1, 0.15) is 11.6 Å². The maximum atomic E-state index is 13.6. The SMILES string of the molecule is CCc1cccc(C)c1NC(=O)[C@@H](CC)n1nc(C)c2nn(-c3ccccc3)c(C)c2c1=O. The summed E-state index contributed by atoms with van der Waals surface area (Å²) in [5, 5.41) is 12.7. The van der Waals surface area contributed by atoms with Gasteiger partial charge in [-0.1, -0.05) is 50.2 Å². The van der Waals surface area contributed by atoms with Gasteiger partial charge in [-0.05, 0) is 56.9 Å². The van der Waals surface area contributed by atoms with Crippen LogP contribution in [0.2, 0.25) is 0 Å². The van der Waals surface area contributed by atoms with E-state index in [2.05, 4.69) is 22.4 Å². The lowest BCUT2D eigenvalue weighted by Gasteiger charge is -2.19. The van der Waals surface area contributed by atoms with E-state index in [1.54, 1.807) is 4.68 Å². The van der Waals surface area contributed by atoms with Gasteiger partial charge in [0.05, 0.1) is 22.5 Å². The zero-order valence-electron chi connectivity index (χ0n) is 19.7. The average molecular weight is 444 g/mol. The second-order valence-corrected chi connectivity index (χ2v) is 8.27. The number of anilines is 1. The van der Waals surface area contributed by atoms with Crippen LogP contribution in [0.3, 0.4) is 0 Å². The number of carbonyl (C=O) groups excluding carboxylic acids is 1. The highest BCUT2D eigenvalue weighted by Crippen LogP contribution is 2.24. The molecule has 0 aliphatic carbocycles. The van der Waals surface area contributed by atoms with Crippen LogP contribution in [0.1, 0.15) is 48.8 Å². The van der Waals surface area contributed by atoms with Crippen molar-refractivity contribution in [1.82, 2.24) is 19.6 Å². The molecule has 1 atom stereocenters. The number of aromatic nitrogens is 4. The monoisotopic (exact) mass is 443 g/mol. The molecule has 0 fully saturated rings. The van der Waals surface area contributed by atoms with Gasteiger partial charge in [0.25, 0.3) is 5.56 Å². The number of nitrogens with zero attached hydrogens (tertiary/aromatic N) is 4. The van der Waals surface area contributed by atoms with Gasteiger partial charge in [-0.25, -0.2) is 9.36 Å². The van der Waals surface area contributed by atoms with Gasteiger partial charge in [0.15, 0.2) is 0 Å². The number of amides is 1. The highest BCUT2D eigenvalue weighted by molar-refractivity contribution is 5.95. The van der Waals surface area contributed by atoms with Gasteiger partial charge in [0, 0.05) is 5.69 Å². The number of carbonyl (C=O) groups is 1. The zero-order valence-corrected chi connectivity index (χ0v) is 19.7. The summed E-state index contributed by atoms with van der Waals surface area (Å²) >= 11 is 0. The van der Waals surface area contributed by atoms with Crippen molar-refractivity contribution < 1.29 is 4.79 Å². The first-order chi connectivity index (χ1) is 15.9. The molecule has 0 saturated heterocycles. The van der Waals surface area contributed by atoms with Crippen LogP contribution in [0.15, 0.2) is 53.3 Å². The van der Waals surface area contributed by atoms with Gasteiger partial charge in [0.2, 0.25) is 5.91 Å². The second kappa shape index (κ2) is 9.02. The fourth-order valence-electron chi connectivity index (χ4n) is 4.29. The Hall–Kier alpha value is -3.74. The van der Waals surface area contributed by atoms with E-state index in [-0.39, 0.29) is 11.5 Å². The Balaban J connectivity index is 1.80. The third-order valence-electron chi connectivity index (χ3n) is 6.11. The van der Waals surface area contributed by atoms with Crippen molar-refractivity contribution >= 4 is 22.5 Å². The predicted molar refractivity (Wildman–Crippen MR) is 131 cm³/mol. The first kappa shape index (κ1) is 22.5. The molecule has 1 amide bonds. The molecule has 0 saturated carbocycles. The Bertz CT molecular complexity index is 1390. The van der Waals surface area contributed by atoms with E-state index in [0.29, 0.717) is 23.0 Å². The fraction of sp³-hybridized carbons (Fsp3) is 0.308. The van der Waals surface area contributed by atoms with Crippen molar-refractivity contribution in [3.8, 4) is 5.69 Å². The summed E-state index contributed by atoms with van der Waals surface area (Å²) in [5.74, 6) is -0.247. The van der Waals surface area contributed by atoms with Crippen LogP contribution in [0.25, 0.3) is 16.6 Å². The molecule has 4 aromatic rings. The molecule has 0 spiro atoms. The lowest BCUT2D eigenvalue weighted by atomic mass is 10.1. The smallest absolute Gasteiger partial charge is 0.278 e. The molecular formula is C26H29N5O2. The number of hydrogen-bond donors (Lipinski definition) is 1. The van der Waals surface area contributed by atoms with Gasteiger partial charge in [-0.3, -0.25) is 9.59 Å². The lowest BCUT2D eigenvalue weighted by molar-refractivity contribution is -0.119. The van der Waals surface area contributed by atoms with E-state index >= 15 is 0 Å². The summed E-state index contributed by atoms with van der Waals surface area (Å²) in [6.07, 6.45) is 1.23. The summed E-state index contributed by atoms with van der Waals surface area (Å²) < 4.78 is 3.08. The molecule has 0 unspecified atom stereocenters. The average Bonchev–Trinajstić information content (AvgIpc) is 3.17. The maximum absolute atomic E-state index is 13.6. The van der Waals surface area contributed by atoms with Gasteiger partial charge in [-0.15, -0.1) is 0 Å². The van der Waals surface area contributed by atoms with E-state index in [9.17, 15) is 9.59 Å². The molecule has 4 rings (SSSR count). The van der Waals surface area contributed by atoms with Crippen LogP contribution in [0.5, 0.6) is 0 Å². The summed E-state index contributed by atoms with van der Waals surface area (Å²) in [4.78, 5) is 26.9. The van der Waals surface area contributed by atoms with Crippen molar-refractivity contribution in [3.63, 3.8) is 0 Å². The van der Waals surface area contributed by atoms with Crippen molar-refractivity contribution in [3.05, 3.63) is 81.4 Å². The Morgan fingerprint density at radius 2 is 1.73 bits per heavy atom. The third-order valence-corrected chi connectivity index (χ3v) is 6.11. The van der Waals surface area contributed by atoms with Gasteiger partial charge < -0.3 is 5.32 Å². The number of hydrogen-bond acceptors (Lipinski definition) is 4. The van der Waals surface area contributed by atoms with E-state index in [1.807, 2.05) is 76.2 Å². The van der Waals surface area contributed by atoms with Crippen LogP contribution in [0, 0.1) is 20.8 Å². The van der Waals surface area contributed by atoms with Crippen molar-refractivity contribution in [2.45, 2.75) is 53.5 Å². The molecule has 0 aliphatic rings. The Kier molecular flexibility index (Phi) is 6.14. The Labute approximate surface area is 193 Å². The fourth-order valence-corrected chi connectivity index (χ4v) is 4.29. The van der Waals surface area contributed by atoms with E-state index in [4.69, 9.17) is 0 Å². The lowest BCUT2D eigenvalue weighted by Crippen LogP contribution is -2.35. The van der Waals surface area contributed by atoms with Crippen LogP contribution in [-0.2, 0) is 11.2 Å². The quantitative estimate of drug-likeness (QED) is 0.470. The summed E-state index contributed by atoms with van der Waals surface area (Å²) in [7, 11) is 0. The number of nitrogens with one attached hydrogen (secondary N) is 1. The Morgan fingerprint density at radius 3 is 2.39 bits per heavy atom. The van der Waals surface area contributed by atoms with E-state index in [0.717, 1.165) is 34.6 Å².